The number of carbonyl (C=O) groups excluding carboxylic acids is 1. The van der Waals surface area contributed by atoms with Crippen LogP contribution in [0.1, 0.15) is 25.7 Å². The van der Waals surface area contributed by atoms with Crippen molar-refractivity contribution in [1.82, 2.24) is 4.90 Å². The summed E-state index contributed by atoms with van der Waals surface area (Å²) in [6, 6.07) is 0.219. The van der Waals surface area contributed by atoms with Crippen LogP contribution in [-0.2, 0) is 9.59 Å². The van der Waals surface area contributed by atoms with Crippen LogP contribution in [0.15, 0.2) is 12.2 Å². The van der Waals surface area contributed by atoms with E-state index in [0.717, 1.165) is 12.8 Å². The number of amides is 1. The zero-order valence-corrected chi connectivity index (χ0v) is 9.71. The molecule has 0 aliphatic heterocycles. The summed E-state index contributed by atoms with van der Waals surface area (Å²) >= 11 is 0. The molecule has 0 radical (unpaired) electrons. The summed E-state index contributed by atoms with van der Waals surface area (Å²) < 4.78 is 0. The van der Waals surface area contributed by atoms with Crippen LogP contribution in [-0.4, -0.2) is 40.5 Å². The highest BCUT2D eigenvalue weighted by Gasteiger charge is 2.36. The first kappa shape index (κ1) is 12.1. The summed E-state index contributed by atoms with van der Waals surface area (Å²) in [6.45, 7) is 0.318. The lowest BCUT2D eigenvalue weighted by Crippen LogP contribution is -2.39. The van der Waals surface area contributed by atoms with Crippen molar-refractivity contribution in [2.75, 3.05) is 6.54 Å². The molecule has 0 aromatic heterocycles. The molecule has 1 fully saturated rings. The van der Waals surface area contributed by atoms with Crippen LogP contribution >= 0.6 is 0 Å². The fraction of sp³-hybridized carbons (Fsp3) is 0.667. The van der Waals surface area contributed by atoms with Gasteiger partial charge in [-0.1, -0.05) is 12.2 Å². The smallest absolute Gasteiger partial charge is 0.305 e. The van der Waals surface area contributed by atoms with E-state index in [1.54, 1.807) is 4.90 Å². The highest BCUT2D eigenvalue weighted by Crippen LogP contribution is 2.30. The second kappa shape index (κ2) is 4.87. The summed E-state index contributed by atoms with van der Waals surface area (Å²) in [6.07, 6.45) is 6.36. The lowest BCUT2D eigenvalue weighted by Gasteiger charge is -2.24. The van der Waals surface area contributed by atoms with Gasteiger partial charge in [-0.25, -0.2) is 0 Å². The Morgan fingerprint density at radius 3 is 2.53 bits per heavy atom. The van der Waals surface area contributed by atoms with Crippen molar-refractivity contribution in [2.24, 2.45) is 11.7 Å². The highest BCUT2D eigenvalue weighted by atomic mass is 16.4. The monoisotopic (exact) mass is 238 g/mol. The van der Waals surface area contributed by atoms with E-state index in [4.69, 9.17) is 10.8 Å². The third-order valence-electron chi connectivity index (χ3n) is 3.27. The molecule has 0 aromatic carbocycles. The number of rotatable bonds is 5. The third-order valence-corrected chi connectivity index (χ3v) is 3.27. The number of carboxylic acid groups (broad SMARTS) is 1. The van der Waals surface area contributed by atoms with Crippen LogP contribution in [0.2, 0.25) is 0 Å². The fourth-order valence-electron chi connectivity index (χ4n) is 2.20. The van der Waals surface area contributed by atoms with Crippen LogP contribution in [0.25, 0.3) is 0 Å². The average Bonchev–Trinajstić information content (AvgIpc) is 3.00. The predicted molar refractivity (Wildman–Crippen MR) is 62.2 cm³/mol. The topological polar surface area (TPSA) is 83.6 Å². The summed E-state index contributed by atoms with van der Waals surface area (Å²) in [7, 11) is 0. The van der Waals surface area contributed by atoms with Gasteiger partial charge >= 0.3 is 5.97 Å². The van der Waals surface area contributed by atoms with Gasteiger partial charge in [0.1, 0.15) is 0 Å². The molecule has 0 heterocycles. The van der Waals surface area contributed by atoms with E-state index < -0.39 is 5.97 Å². The number of carboxylic acids is 1. The summed E-state index contributed by atoms with van der Waals surface area (Å²) in [5.41, 5.74) is 5.73. The molecule has 2 unspecified atom stereocenters. The maximum absolute atomic E-state index is 12.2. The normalized spacial score (nSPS) is 27.1. The minimum Gasteiger partial charge on any atom is -0.481 e. The molecule has 5 heteroatoms. The van der Waals surface area contributed by atoms with Gasteiger partial charge in [0.15, 0.2) is 0 Å². The fourth-order valence-corrected chi connectivity index (χ4v) is 2.20. The predicted octanol–water partition coefficient (Wildman–Crippen LogP) is 0.355. The molecule has 2 aliphatic rings. The van der Waals surface area contributed by atoms with Gasteiger partial charge < -0.3 is 15.7 Å². The Morgan fingerprint density at radius 1 is 1.35 bits per heavy atom. The first-order chi connectivity index (χ1) is 8.08. The van der Waals surface area contributed by atoms with Crippen molar-refractivity contribution >= 4 is 11.9 Å². The van der Waals surface area contributed by atoms with Crippen molar-refractivity contribution in [2.45, 2.75) is 37.8 Å². The molecule has 1 saturated carbocycles. The molecule has 3 N–H and O–H groups in total. The number of hydrogen-bond acceptors (Lipinski definition) is 3. The van der Waals surface area contributed by atoms with Crippen LogP contribution in [0.4, 0.5) is 0 Å². The Kier molecular flexibility index (Phi) is 3.47. The first-order valence-corrected chi connectivity index (χ1v) is 6.04. The SMILES string of the molecule is NC1C=CC(C(=O)N(CCC(=O)O)C2CC2)C1. The second-order valence-corrected chi connectivity index (χ2v) is 4.80. The highest BCUT2D eigenvalue weighted by molar-refractivity contribution is 5.82. The molecule has 17 heavy (non-hydrogen) atoms. The number of aliphatic carboxylic acids is 1. The number of hydrogen-bond donors (Lipinski definition) is 2. The van der Waals surface area contributed by atoms with Gasteiger partial charge in [0.2, 0.25) is 5.91 Å². The van der Waals surface area contributed by atoms with E-state index in [-0.39, 0.29) is 30.3 Å². The van der Waals surface area contributed by atoms with E-state index in [0.29, 0.717) is 13.0 Å². The molecule has 0 aromatic rings. The largest absolute Gasteiger partial charge is 0.481 e. The van der Waals surface area contributed by atoms with Crippen LogP contribution in [0.3, 0.4) is 0 Å². The lowest BCUT2D eigenvalue weighted by molar-refractivity contribution is -0.139. The van der Waals surface area contributed by atoms with E-state index >= 15 is 0 Å². The molecule has 94 valence electrons. The van der Waals surface area contributed by atoms with Gasteiger partial charge in [-0.15, -0.1) is 0 Å². The summed E-state index contributed by atoms with van der Waals surface area (Å²) in [5.74, 6) is -0.973. The first-order valence-electron chi connectivity index (χ1n) is 6.04. The van der Waals surface area contributed by atoms with Gasteiger partial charge in [-0.3, -0.25) is 9.59 Å². The Labute approximate surface area is 100 Å². The molecule has 2 atom stereocenters. The van der Waals surface area contributed by atoms with Crippen molar-refractivity contribution in [3.05, 3.63) is 12.2 Å². The standard InChI is InChI=1S/C12H18N2O3/c13-9-2-1-8(7-9)12(17)14(10-3-4-10)6-5-11(15)16/h1-2,8-10H,3-7,13H2,(H,15,16). The van der Waals surface area contributed by atoms with E-state index in [1.807, 2.05) is 12.2 Å². The molecule has 0 saturated heterocycles. The van der Waals surface area contributed by atoms with E-state index in [2.05, 4.69) is 0 Å². The lowest BCUT2D eigenvalue weighted by atomic mass is 10.1. The number of nitrogens with zero attached hydrogens (tertiary/aromatic N) is 1. The van der Waals surface area contributed by atoms with Gasteiger partial charge in [-0.05, 0) is 19.3 Å². The molecule has 2 rings (SSSR count). The number of nitrogens with two attached hydrogens (primary N) is 1. The van der Waals surface area contributed by atoms with Crippen LogP contribution in [0, 0.1) is 5.92 Å². The molecular formula is C12H18N2O3. The molecule has 5 nitrogen and oxygen atoms in total. The Bertz CT molecular complexity index is 350. The molecule has 1 amide bonds. The number of carbonyl (C=O) groups is 2. The van der Waals surface area contributed by atoms with Crippen molar-refractivity contribution < 1.29 is 14.7 Å². The quantitative estimate of drug-likeness (QED) is 0.677. The van der Waals surface area contributed by atoms with Gasteiger partial charge in [0.25, 0.3) is 0 Å². The van der Waals surface area contributed by atoms with Crippen LogP contribution in [0.5, 0.6) is 0 Å². The van der Waals surface area contributed by atoms with Crippen molar-refractivity contribution in [1.29, 1.82) is 0 Å². The van der Waals surface area contributed by atoms with Crippen molar-refractivity contribution in [3.63, 3.8) is 0 Å². The summed E-state index contributed by atoms with van der Waals surface area (Å²) in [4.78, 5) is 24.5. The van der Waals surface area contributed by atoms with Gasteiger partial charge in [0.05, 0.1) is 12.3 Å². The minimum absolute atomic E-state index is 0.0186. The minimum atomic E-state index is -0.859. The Morgan fingerprint density at radius 2 is 2.06 bits per heavy atom. The maximum Gasteiger partial charge on any atom is 0.305 e. The molecule has 0 bridgehead atoms. The zero-order valence-electron chi connectivity index (χ0n) is 9.71. The average molecular weight is 238 g/mol. The van der Waals surface area contributed by atoms with Gasteiger partial charge in [-0.2, -0.15) is 0 Å². The zero-order chi connectivity index (χ0) is 12.4. The Hall–Kier alpha value is -1.36. The Balaban J connectivity index is 1.93. The second-order valence-electron chi connectivity index (χ2n) is 4.80. The third kappa shape index (κ3) is 3.06. The molecule has 0 spiro atoms. The summed E-state index contributed by atoms with van der Waals surface area (Å²) in [5, 5.41) is 8.68. The maximum atomic E-state index is 12.2. The molecular weight excluding hydrogens is 220 g/mol. The molecule has 2 aliphatic carbocycles. The van der Waals surface area contributed by atoms with Gasteiger partial charge in [0, 0.05) is 18.6 Å². The van der Waals surface area contributed by atoms with Crippen molar-refractivity contribution in [3.8, 4) is 0 Å². The van der Waals surface area contributed by atoms with E-state index in [9.17, 15) is 9.59 Å². The van der Waals surface area contributed by atoms with E-state index in [1.165, 1.54) is 0 Å². The van der Waals surface area contributed by atoms with Crippen LogP contribution < -0.4 is 5.73 Å².